The van der Waals surface area contributed by atoms with Crippen molar-refractivity contribution in [2.75, 3.05) is 6.54 Å². The Morgan fingerprint density at radius 3 is 2.80 bits per heavy atom. The number of hydrogen-bond acceptors (Lipinski definition) is 2. The molecule has 0 aromatic carbocycles. The van der Waals surface area contributed by atoms with Crippen LogP contribution in [0.4, 0.5) is 0 Å². The van der Waals surface area contributed by atoms with Crippen molar-refractivity contribution >= 4 is 0 Å². The fourth-order valence-corrected chi connectivity index (χ4v) is 2.62. The highest BCUT2D eigenvalue weighted by Crippen LogP contribution is 2.34. The summed E-state index contributed by atoms with van der Waals surface area (Å²) < 4.78 is 0. The van der Waals surface area contributed by atoms with E-state index >= 15 is 0 Å². The summed E-state index contributed by atoms with van der Waals surface area (Å²) in [7, 11) is 0. The van der Waals surface area contributed by atoms with Crippen LogP contribution in [0.15, 0.2) is 0 Å². The van der Waals surface area contributed by atoms with E-state index in [9.17, 15) is 0 Å². The fraction of sp³-hybridized carbons (Fsp3) is 0.846. The lowest BCUT2D eigenvalue weighted by Crippen LogP contribution is -2.53. The molecule has 0 heterocycles. The lowest BCUT2D eigenvalue weighted by atomic mass is 9.94. The summed E-state index contributed by atoms with van der Waals surface area (Å²) in [6, 6.07) is 0.198. The van der Waals surface area contributed by atoms with Crippen molar-refractivity contribution in [3.63, 3.8) is 0 Å². The van der Waals surface area contributed by atoms with Gasteiger partial charge in [0.05, 0.1) is 6.04 Å². The maximum Gasteiger partial charge on any atom is 0.0691 e. The maximum absolute atomic E-state index is 5.90. The van der Waals surface area contributed by atoms with Gasteiger partial charge in [-0.1, -0.05) is 26.2 Å². The average molecular weight is 208 g/mol. The molecule has 1 aliphatic rings. The molecule has 3 atom stereocenters. The summed E-state index contributed by atoms with van der Waals surface area (Å²) >= 11 is 0. The number of rotatable bonds is 5. The molecule has 3 N–H and O–H groups in total. The molecule has 0 amide bonds. The van der Waals surface area contributed by atoms with E-state index in [0.717, 1.165) is 18.8 Å². The van der Waals surface area contributed by atoms with Crippen molar-refractivity contribution < 1.29 is 0 Å². The molecule has 1 rings (SSSR count). The molecule has 0 aromatic heterocycles. The number of terminal acetylenes is 1. The van der Waals surface area contributed by atoms with Crippen LogP contribution in [0.3, 0.4) is 0 Å². The minimum absolute atomic E-state index is 0.117. The van der Waals surface area contributed by atoms with Gasteiger partial charge in [0, 0.05) is 12.1 Å². The van der Waals surface area contributed by atoms with Gasteiger partial charge in [0.15, 0.2) is 0 Å². The lowest BCUT2D eigenvalue weighted by Gasteiger charge is -2.32. The molecule has 3 unspecified atom stereocenters. The van der Waals surface area contributed by atoms with Gasteiger partial charge in [-0.3, -0.25) is 5.32 Å². The Kier molecular flexibility index (Phi) is 4.63. The Hall–Kier alpha value is -0.520. The second kappa shape index (κ2) is 5.53. The molecule has 0 spiro atoms. The van der Waals surface area contributed by atoms with E-state index in [0.29, 0.717) is 6.54 Å². The monoisotopic (exact) mass is 208 g/mol. The highest BCUT2D eigenvalue weighted by molar-refractivity contribution is 5.06. The second-order valence-electron chi connectivity index (χ2n) is 4.98. The molecule has 0 saturated heterocycles. The number of hydrogen-bond donors (Lipinski definition) is 2. The van der Waals surface area contributed by atoms with Crippen LogP contribution >= 0.6 is 0 Å². The molecule has 15 heavy (non-hydrogen) atoms. The molecule has 0 radical (unpaired) electrons. The first-order valence-electron chi connectivity index (χ1n) is 6.09. The van der Waals surface area contributed by atoms with E-state index in [1.807, 2.05) is 0 Å². The predicted molar refractivity (Wildman–Crippen MR) is 65.5 cm³/mol. The van der Waals surface area contributed by atoms with Crippen molar-refractivity contribution in [3.05, 3.63) is 0 Å². The third-order valence-corrected chi connectivity index (χ3v) is 3.50. The Balaban J connectivity index is 2.56. The summed E-state index contributed by atoms with van der Waals surface area (Å²) in [4.78, 5) is 0. The lowest BCUT2D eigenvalue weighted by molar-refractivity contribution is 0.306. The van der Waals surface area contributed by atoms with Gasteiger partial charge < -0.3 is 5.73 Å². The van der Waals surface area contributed by atoms with E-state index in [-0.39, 0.29) is 11.6 Å². The van der Waals surface area contributed by atoms with Gasteiger partial charge in [-0.2, -0.15) is 0 Å². The Bertz CT molecular complexity index is 231. The molecule has 2 nitrogen and oxygen atoms in total. The van der Waals surface area contributed by atoms with Crippen LogP contribution < -0.4 is 11.1 Å². The van der Waals surface area contributed by atoms with Gasteiger partial charge in [-0.15, -0.1) is 6.42 Å². The molecule has 0 bridgehead atoms. The molecular formula is C13H24N2. The fourth-order valence-electron chi connectivity index (χ4n) is 2.62. The molecule has 2 heteroatoms. The minimum atomic E-state index is 0.117. The first-order chi connectivity index (χ1) is 7.15. The summed E-state index contributed by atoms with van der Waals surface area (Å²) in [5.74, 6) is 3.62. The SMILES string of the molecule is C#CC(CCC)NC1(CN)CCC(C)C1. The van der Waals surface area contributed by atoms with Crippen LogP contribution in [0.5, 0.6) is 0 Å². The Morgan fingerprint density at radius 1 is 1.67 bits per heavy atom. The quantitative estimate of drug-likeness (QED) is 0.677. The molecular weight excluding hydrogens is 184 g/mol. The number of nitrogens with one attached hydrogen (secondary N) is 1. The summed E-state index contributed by atoms with van der Waals surface area (Å²) in [6.45, 7) is 5.17. The van der Waals surface area contributed by atoms with Crippen LogP contribution in [0.1, 0.15) is 46.0 Å². The topological polar surface area (TPSA) is 38.0 Å². The average Bonchev–Trinajstić information content (AvgIpc) is 2.60. The smallest absolute Gasteiger partial charge is 0.0691 e. The first kappa shape index (κ1) is 12.5. The zero-order valence-electron chi connectivity index (χ0n) is 10.1. The van der Waals surface area contributed by atoms with Gasteiger partial charge in [0.2, 0.25) is 0 Å². The zero-order chi connectivity index (χ0) is 11.3. The van der Waals surface area contributed by atoms with E-state index < -0.39 is 0 Å². The van der Waals surface area contributed by atoms with E-state index in [1.165, 1.54) is 19.3 Å². The van der Waals surface area contributed by atoms with E-state index in [4.69, 9.17) is 12.2 Å². The van der Waals surface area contributed by atoms with Crippen molar-refractivity contribution in [1.29, 1.82) is 0 Å². The minimum Gasteiger partial charge on any atom is -0.329 e. The molecule has 0 aromatic rings. The predicted octanol–water partition coefficient (Wildman–Crippen LogP) is 1.90. The molecule has 1 fully saturated rings. The highest BCUT2D eigenvalue weighted by atomic mass is 15.0. The van der Waals surface area contributed by atoms with E-state index in [1.54, 1.807) is 0 Å². The van der Waals surface area contributed by atoms with E-state index in [2.05, 4.69) is 25.1 Å². The molecule has 0 aliphatic heterocycles. The highest BCUT2D eigenvalue weighted by Gasteiger charge is 2.37. The van der Waals surface area contributed by atoms with Gasteiger partial charge in [0.25, 0.3) is 0 Å². The van der Waals surface area contributed by atoms with Crippen molar-refractivity contribution in [2.24, 2.45) is 11.7 Å². The van der Waals surface area contributed by atoms with Crippen molar-refractivity contribution in [2.45, 2.75) is 57.5 Å². The van der Waals surface area contributed by atoms with Crippen molar-refractivity contribution in [1.82, 2.24) is 5.32 Å². The summed E-state index contributed by atoms with van der Waals surface area (Å²) in [5.41, 5.74) is 6.02. The Labute approximate surface area is 94.0 Å². The van der Waals surface area contributed by atoms with Crippen LogP contribution in [0, 0.1) is 18.3 Å². The largest absolute Gasteiger partial charge is 0.329 e. The first-order valence-corrected chi connectivity index (χ1v) is 6.09. The van der Waals surface area contributed by atoms with Crippen LogP contribution in [0.2, 0.25) is 0 Å². The van der Waals surface area contributed by atoms with Crippen LogP contribution in [-0.4, -0.2) is 18.1 Å². The summed E-state index contributed by atoms with van der Waals surface area (Å²) in [6.07, 6.45) is 11.3. The van der Waals surface area contributed by atoms with Gasteiger partial charge >= 0.3 is 0 Å². The molecule has 86 valence electrons. The Morgan fingerprint density at radius 2 is 2.40 bits per heavy atom. The van der Waals surface area contributed by atoms with Gasteiger partial charge in [-0.25, -0.2) is 0 Å². The summed E-state index contributed by atoms with van der Waals surface area (Å²) in [5, 5.41) is 3.60. The van der Waals surface area contributed by atoms with Gasteiger partial charge in [0.1, 0.15) is 0 Å². The standard InChI is InChI=1S/C13H24N2/c1-4-6-12(5-2)15-13(10-14)8-7-11(3)9-13/h2,11-12,15H,4,6-10,14H2,1,3H3. The third-order valence-electron chi connectivity index (χ3n) is 3.50. The van der Waals surface area contributed by atoms with Crippen LogP contribution in [-0.2, 0) is 0 Å². The maximum atomic E-state index is 5.90. The zero-order valence-corrected chi connectivity index (χ0v) is 10.1. The van der Waals surface area contributed by atoms with Gasteiger partial charge in [-0.05, 0) is 31.6 Å². The molecule has 1 aliphatic carbocycles. The second-order valence-corrected chi connectivity index (χ2v) is 4.98. The normalized spacial score (nSPS) is 32.5. The molecule has 1 saturated carbocycles. The number of nitrogens with two attached hydrogens (primary N) is 1. The van der Waals surface area contributed by atoms with Crippen LogP contribution in [0.25, 0.3) is 0 Å². The van der Waals surface area contributed by atoms with Crippen molar-refractivity contribution in [3.8, 4) is 12.3 Å². The third kappa shape index (κ3) is 3.22.